The van der Waals surface area contributed by atoms with Crippen LogP contribution in [0.25, 0.3) is 11.1 Å². The number of ether oxygens (including phenoxy) is 1. The van der Waals surface area contributed by atoms with Gasteiger partial charge in [-0.25, -0.2) is 0 Å². The summed E-state index contributed by atoms with van der Waals surface area (Å²) in [5.41, 5.74) is 3.75. The van der Waals surface area contributed by atoms with Crippen LogP contribution in [0.2, 0.25) is 0 Å². The lowest BCUT2D eigenvalue weighted by atomic mass is 10.0. The van der Waals surface area contributed by atoms with Gasteiger partial charge in [0.1, 0.15) is 11.5 Å². The first-order valence-electron chi connectivity index (χ1n) is 8.02. The lowest BCUT2D eigenvalue weighted by Gasteiger charge is -2.15. The number of allylic oxidation sites excluding steroid dienone is 6. The highest BCUT2D eigenvalue weighted by molar-refractivity contribution is 5.79. The Bertz CT molecular complexity index is 749. The molecule has 0 aliphatic carbocycles. The molecule has 0 spiro atoms. The molecule has 0 saturated carbocycles. The molecule has 1 heteroatoms. The van der Waals surface area contributed by atoms with Crippen LogP contribution in [-0.2, 0) is 4.74 Å². The third-order valence-corrected chi connectivity index (χ3v) is 3.70. The van der Waals surface area contributed by atoms with Crippen molar-refractivity contribution in [2.75, 3.05) is 0 Å². The Labute approximate surface area is 150 Å². The first-order chi connectivity index (χ1) is 12.2. The largest absolute Gasteiger partial charge is 0.456 e. The number of benzene rings is 2. The molecule has 0 bridgehead atoms. The minimum absolute atomic E-state index is 0.617. The van der Waals surface area contributed by atoms with E-state index in [1.807, 2.05) is 60.7 Å². The zero-order valence-electron chi connectivity index (χ0n) is 14.3. The van der Waals surface area contributed by atoms with Crippen molar-refractivity contribution in [1.29, 1.82) is 0 Å². The van der Waals surface area contributed by atoms with Gasteiger partial charge in [-0.05, 0) is 23.3 Å². The Kier molecular flexibility index (Phi) is 6.56. The van der Waals surface area contributed by atoms with Crippen molar-refractivity contribution in [2.24, 2.45) is 0 Å². The standard InChI is InChI=1S/C24H22O/c1-5-21(19-15-11-9-12-16-19)23(7-3)25-24(8-4)22(6-2)20-17-13-10-14-18-20/h5-18H,1-4H2. The third kappa shape index (κ3) is 4.36. The number of hydrogen-bond donors (Lipinski definition) is 0. The van der Waals surface area contributed by atoms with Crippen LogP contribution >= 0.6 is 0 Å². The summed E-state index contributed by atoms with van der Waals surface area (Å²) in [6.07, 6.45) is 6.89. The van der Waals surface area contributed by atoms with Gasteiger partial charge in [0, 0.05) is 11.1 Å². The van der Waals surface area contributed by atoms with Crippen LogP contribution in [0.5, 0.6) is 0 Å². The maximum absolute atomic E-state index is 6.14. The molecule has 0 aliphatic rings. The average Bonchev–Trinajstić information content (AvgIpc) is 2.68. The van der Waals surface area contributed by atoms with E-state index in [0.717, 1.165) is 22.3 Å². The summed E-state index contributed by atoms with van der Waals surface area (Å²) in [5, 5.41) is 0. The molecule has 25 heavy (non-hydrogen) atoms. The maximum Gasteiger partial charge on any atom is 0.134 e. The van der Waals surface area contributed by atoms with Crippen LogP contribution in [0.4, 0.5) is 0 Å². The van der Waals surface area contributed by atoms with E-state index in [2.05, 4.69) is 26.3 Å². The van der Waals surface area contributed by atoms with E-state index < -0.39 is 0 Å². The first kappa shape index (κ1) is 18.0. The van der Waals surface area contributed by atoms with Gasteiger partial charge in [-0.2, -0.15) is 0 Å². The van der Waals surface area contributed by atoms with Gasteiger partial charge in [-0.1, -0.05) is 99.1 Å². The van der Waals surface area contributed by atoms with E-state index >= 15 is 0 Å². The molecule has 0 aromatic heterocycles. The summed E-state index contributed by atoms with van der Waals surface area (Å²) in [7, 11) is 0. The molecule has 2 rings (SSSR count). The summed E-state index contributed by atoms with van der Waals surface area (Å²) in [6, 6.07) is 19.9. The Morgan fingerprint density at radius 2 is 0.920 bits per heavy atom. The summed E-state index contributed by atoms with van der Waals surface area (Å²) >= 11 is 0. The fourth-order valence-corrected chi connectivity index (χ4v) is 2.49. The molecular weight excluding hydrogens is 304 g/mol. The Morgan fingerprint density at radius 1 is 0.560 bits per heavy atom. The second kappa shape index (κ2) is 9.09. The van der Waals surface area contributed by atoms with Gasteiger partial charge in [0.2, 0.25) is 0 Å². The molecule has 2 aromatic rings. The van der Waals surface area contributed by atoms with Crippen LogP contribution in [0.15, 0.2) is 123 Å². The van der Waals surface area contributed by atoms with Gasteiger partial charge in [0.05, 0.1) is 0 Å². The highest BCUT2D eigenvalue weighted by Gasteiger charge is 2.10. The summed E-state index contributed by atoms with van der Waals surface area (Å²) in [4.78, 5) is 0. The Morgan fingerprint density at radius 3 is 1.20 bits per heavy atom. The topological polar surface area (TPSA) is 9.23 Å². The molecule has 2 aromatic carbocycles. The molecular formula is C24H22O. The normalized spacial score (nSPS) is 12.3. The average molecular weight is 326 g/mol. The highest BCUT2D eigenvalue weighted by atomic mass is 16.5. The SMILES string of the molecule is C=CC(OC(C=C)=C(C=C)c1ccccc1)=C(C=C)c1ccccc1. The van der Waals surface area contributed by atoms with E-state index in [-0.39, 0.29) is 0 Å². The molecule has 0 amide bonds. The molecule has 0 N–H and O–H groups in total. The summed E-state index contributed by atoms with van der Waals surface area (Å²) < 4.78 is 6.14. The zero-order chi connectivity index (χ0) is 18.1. The molecule has 0 aliphatic heterocycles. The van der Waals surface area contributed by atoms with Crippen molar-refractivity contribution >= 4 is 11.1 Å². The van der Waals surface area contributed by atoms with Crippen LogP contribution in [0, 0.1) is 0 Å². The predicted octanol–water partition coefficient (Wildman–Crippen LogP) is 6.57. The second-order valence-corrected chi connectivity index (χ2v) is 5.21. The summed E-state index contributed by atoms with van der Waals surface area (Å²) in [5.74, 6) is 1.23. The molecule has 0 fully saturated rings. The van der Waals surface area contributed by atoms with Crippen LogP contribution in [-0.4, -0.2) is 0 Å². The third-order valence-electron chi connectivity index (χ3n) is 3.70. The molecule has 0 heterocycles. The van der Waals surface area contributed by atoms with Crippen molar-refractivity contribution in [1.82, 2.24) is 0 Å². The molecule has 0 unspecified atom stereocenters. The van der Waals surface area contributed by atoms with Crippen LogP contribution in [0.1, 0.15) is 11.1 Å². The van der Waals surface area contributed by atoms with Crippen molar-refractivity contribution in [2.45, 2.75) is 0 Å². The van der Waals surface area contributed by atoms with E-state index in [1.165, 1.54) is 0 Å². The minimum Gasteiger partial charge on any atom is -0.456 e. The van der Waals surface area contributed by atoms with Crippen LogP contribution in [0.3, 0.4) is 0 Å². The lowest BCUT2D eigenvalue weighted by Crippen LogP contribution is -1.96. The smallest absolute Gasteiger partial charge is 0.134 e. The van der Waals surface area contributed by atoms with Crippen molar-refractivity contribution < 1.29 is 4.74 Å². The fourth-order valence-electron chi connectivity index (χ4n) is 2.49. The fraction of sp³-hybridized carbons (Fsp3) is 0. The monoisotopic (exact) mass is 326 g/mol. The number of hydrogen-bond acceptors (Lipinski definition) is 1. The number of rotatable bonds is 8. The Balaban J connectivity index is 2.54. The van der Waals surface area contributed by atoms with Gasteiger partial charge in [-0.15, -0.1) is 0 Å². The van der Waals surface area contributed by atoms with Crippen molar-refractivity contribution in [3.63, 3.8) is 0 Å². The van der Waals surface area contributed by atoms with Gasteiger partial charge in [0.15, 0.2) is 0 Å². The van der Waals surface area contributed by atoms with E-state index in [4.69, 9.17) is 4.74 Å². The van der Waals surface area contributed by atoms with Gasteiger partial charge in [0.25, 0.3) is 0 Å². The first-order valence-corrected chi connectivity index (χ1v) is 8.02. The zero-order valence-corrected chi connectivity index (χ0v) is 14.3. The molecule has 124 valence electrons. The van der Waals surface area contributed by atoms with Crippen molar-refractivity contribution in [3.05, 3.63) is 134 Å². The second-order valence-electron chi connectivity index (χ2n) is 5.21. The van der Waals surface area contributed by atoms with Crippen molar-refractivity contribution in [3.8, 4) is 0 Å². The predicted molar refractivity (Wildman–Crippen MR) is 109 cm³/mol. The van der Waals surface area contributed by atoms with Gasteiger partial charge in [-0.3, -0.25) is 0 Å². The highest BCUT2D eigenvalue weighted by Crippen LogP contribution is 2.28. The van der Waals surface area contributed by atoms with E-state index in [9.17, 15) is 0 Å². The lowest BCUT2D eigenvalue weighted by molar-refractivity contribution is 0.341. The summed E-state index contributed by atoms with van der Waals surface area (Å²) in [6.45, 7) is 15.6. The molecule has 0 saturated heterocycles. The van der Waals surface area contributed by atoms with E-state index in [1.54, 1.807) is 24.3 Å². The molecule has 0 atom stereocenters. The molecule has 1 nitrogen and oxygen atoms in total. The minimum atomic E-state index is 0.617. The maximum atomic E-state index is 6.14. The van der Waals surface area contributed by atoms with Crippen LogP contribution < -0.4 is 0 Å². The van der Waals surface area contributed by atoms with E-state index in [0.29, 0.717) is 11.5 Å². The quantitative estimate of drug-likeness (QED) is 0.394. The van der Waals surface area contributed by atoms with Gasteiger partial charge < -0.3 is 4.74 Å². The molecule has 0 radical (unpaired) electrons. The van der Waals surface area contributed by atoms with Gasteiger partial charge >= 0.3 is 0 Å². The Hall–Kier alpha value is -3.32.